The molecule has 46 heavy (non-hydrogen) atoms. The van der Waals surface area contributed by atoms with Crippen LogP contribution in [0.3, 0.4) is 0 Å². The van der Waals surface area contributed by atoms with E-state index in [1.807, 2.05) is 48.5 Å². The Balaban J connectivity index is 1.41. The Morgan fingerprint density at radius 1 is 0.457 bits per heavy atom. The van der Waals surface area contributed by atoms with Crippen molar-refractivity contribution >= 4 is 45.6 Å². The molecule has 0 heterocycles. The molecule has 0 aromatic heterocycles. The first kappa shape index (κ1) is 29.9. The van der Waals surface area contributed by atoms with Crippen LogP contribution in [0.2, 0.25) is 0 Å². The lowest BCUT2D eigenvalue weighted by Crippen LogP contribution is -2.04. The van der Waals surface area contributed by atoms with Crippen molar-refractivity contribution in [2.45, 2.75) is 0 Å². The molecule has 0 aliphatic carbocycles. The lowest BCUT2D eigenvalue weighted by molar-refractivity contribution is -0.129. The summed E-state index contributed by atoms with van der Waals surface area (Å²) >= 11 is 0. The van der Waals surface area contributed by atoms with Crippen LogP contribution in [0.1, 0.15) is 11.1 Å². The largest absolute Gasteiger partial charge is 0.497 e. The average molecular weight is 607 g/mol. The highest BCUT2D eigenvalue weighted by Gasteiger charge is 2.16. The van der Waals surface area contributed by atoms with E-state index < -0.39 is 11.9 Å². The van der Waals surface area contributed by atoms with Crippen LogP contribution in [0.15, 0.2) is 133 Å². The van der Waals surface area contributed by atoms with E-state index in [1.54, 1.807) is 74.9 Å². The zero-order valence-electron chi connectivity index (χ0n) is 25.3. The van der Waals surface area contributed by atoms with E-state index in [2.05, 4.69) is 24.3 Å². The van der Waals surface area contributed by atoms with Crippen LogP contribution in [0.4, 0.5) is 0 Å². The van der Waals surface area contributed by atoms with Gasteiger partial charge in [-0.05, 0) is 104 Å². The molecule has 0 unspecified atom stereocenters. The van der Waals surface area contributed by atoms with Crippen molar-refractivity contribution in [3.05, 3.63) is 145 Å². The lowest BCUT2D eigenvalue weighted by Gasteiger charge is -2.17. The van der Waals surface area contributed by atoms with Crippen LogP contribution in [0, 0.1) is 0 Å². The van der Waals surface area contributed by atoms with Crippen molar-refractivity contribution in [3.63, 3.8) is 0 Å². The molecule has 0 amide bonds. The standard InChI is InChI=1S/C40H30O6/c1-43-31-17-21-33(22-18-31)45-37(41)25-15-29-13-11-27-7-3-5-9-35(27)39(29)40-30(14-12-28-8-4-6-10-36(28)40)16-26-38(42)46-34-23-19-32(44-2)20-24-34/h3-26H,1-2H3/b25-15-,26-16-. The summed E-state index contributed by atoms with van der Waals surface area (Å²) in [6.07, 6.45) is 6.37. The predicted octanol–water partition coefficient (Wildman–Crippen LogP) is 8.91. The molecule has 6 nitrogen and oxygen atoms in total. The summed E-state index contributed by atoms with van der Waals surface area (Å²) in [7, 11) is 3.16. The minimum Gasteiger partial charge on any atom is -0.497 e. The zero-order valence-corrected chi connectivity index (χ0v) is 25.3. The molecule has 6 aromatic rings. The molecule has 0 bridgehead atoms. The molecule has 6 heteroatoms. The Kier molecular flexibility index (Phi) is 8.88. The molecular formula is C40H30O6. The second-order valence-electron chi connectivity index (χ2n) is 10.4. The number of carbonyl (C=O) groups is 2. The number of carbonyl (C=O) groups excluding carboxylic acids is 2. The molecule has 6 rings (SSSR count). The van der Waals surface area contributed by atoms with E-state index in [-0.39, 0.29) is 0 Å². The van der Waals surface area contributed by atoms with Crippen molar-refractivity contribution in [2.75, 3.05) is 14.2 Å². The molecule has 0 aliphatic rings. The van der Waals surface area contributed by atoms with Gasteiger partial charge in [0.15, 0.2) is 0 Å². The van der Waals surface area contributed by atoms with Gasteiger partial charge in [0.25, 0.3) is 0 Å². The fraction of sp³-hybridized carbons (Fsp3) is 0.0500. The Morgan fingerprint density at radius 2 is 0.826 bits per heavy atom. The minimum atomic E-state index is -0.511. The third-order valence-corrected chi connectivity index (χ3v) is 7.53. The molecule has 0 atom stereocenters. The van der Waals surface area contributed by atoms with Crippen LogP contribution in [-0.4, -0.2) is 26.2 Å². The van der Waals surface area contributed by atoms with Crippen LogP contribution in [0.25, 0.3) is 44.8 Å². The Labute approximate surface area is 266 Å². The van der Waals surface area contributed by atoms with Gasteiger partial charge in [-0.2, -0.15) is 0 Å². The average Bonchev–Trinajstić information content (AvgIpc) is 3.10. The number of methoxy groups -OCH3 is 2. The molecule has 0 aliphatic heterocycles. The lowest BCUT2D eigenvalue weighted by atomic mass is 9.87. The summed E-state index contributed by atoms with van der Waals surface area (Å²) in [5.41, 5.74) is 3.48. The second kappa shape index (κ2) is 13.7. The summed E-state index contributed by atoms with van der Waals surface area (Å²) in [6.45, 7) is 0. The van der Waals surface area contributed by atoms with Gasteiger partial charge in [0.05, 0.1) is 14.2 Å². The normalized spacial score (nSPS) is 11.3. The number of fused-ring (bicyclic) bond motifs is 2. The Hall–Kier alpha value is -6.14. The van der Waals surface area contributed by atoms with Gasteiger partial charge < -0.3 is 18.9 Å². The minimum absolute atomic E-state index is 0.414. The highest BCUT2D eigenvalue weighted by atomic mass is 16.5. The number of benzene rings is 6. The zero-order chi connectivity index (χ0) is 31.9. The third-order valence-electron chi connectivity index (χ3n) is 7.53. The number of ether oxygens (including phenoxy) is 4. The second-order valence-corrected chi connectivity index (χ2v) is 10.4. The molecule has 0 spiro atoms. The summed E-state index contributed by atoms with van der Waals surface area (Å²) in [4.78, 5) is 25.8. The van der Waals surface area contributed by atoms with Gasteiger partial charge in [0.2, 0.25) is 0 Å². The number of hydrogen-bond donors (Lipinski definition) is 0. The summed E-state index contributed by atoms with van der Waals surface area (Å²) in [6, 6.07) is 37.9. The summed E-state index contributed by atoms with van der Waals surface area (Å²) in [5.74, 6) is 1.15. The van der Waals surface area contributed by atoms with Crippen LogP contribution >= 0.6 is 0 Å². The maximum atomic E-state index is 12.9. The molecule has 0 fully saturated rings. The first-order valence-electron chi connectivity index (χ1n) is 14.6. The summed E-state index contributed by atoms with van der Waals surface area (Å²) < 4.78 is 21.4. The van der Waals surface area contributed by atoms with Crippen LogP contribution in [-0.2, 0) is 9.59 Å². The van der Waals surface area contributed by atoms with E-state index >= 15 is 0 Å². The van der Waals surface area contributed by atoms with Crippen molar-refractivity contribution in [1.29, 1.82) is 0 Å². The van der Waals surface area contributed by atoms with Gasteiger partial charge in [0, 0.05) is 12.2 Å². The molecule has 0 radical (unpaired) electrons. The number of esters is 2. The molecule has 6 aromatic carbocycles. The molecule has 226 valence electrons. The van der Waals surface area contributed by atoms with Gasteiger partial charge in [-0.25, -0.2) is 9.59 Å². The number of hydrogen-bond acceptors (Lipinski definition) is 6. The van der Waals surface area contributed by atoms with Crippen molar-refractivity contribution in [2.24, 2.45) is 0 Å². The van der Waals surface area contributed by atoms with Gasteiger partial charge in [0.1, 0.15) is 23.0 Å². The van der Waals surface area contributed by atoms with Crippen LogP contribution in [0.5, 0.6) is 23.0 Å². The topological polar surface area (TPSA) is 71.1 Å². The smallest absolute Gasteiger partial charge is 0.336 e. The van der Waals surface area contributed by atoms with Crippen molar-refractivity contribution in [1.82, 2.24) is 0 Å². The van der Waals surface area contributed by atoms with Gasteiger partial charge >= 0.3 is 11.9 Å². The van der Waals surface area contributed by atoms with Gasteiger partial charge in [-0.3, -0.25) is 0 Å². The van der Waals surface area contributed by atoms with E-state index in [0.717, 1.165) is 43.8 Å². The monoisotopic (exact) mass is 606 g/mol. The SMILES string of the molecule is COc1ccc(OC(=O)/C=C\c2ccc3ccccc3c2-c2c(/C=C\C(=O)Oc3ccc(OC)cc3)ccc3ccccc23)cc1. The van der Waals surface area contributed by atoms with Crippen LogP contribution < -0.4 is 18.9 Å². The fourth-order valence-electron chi connectivity index (χ4n) is 5.32. The maximum Gasteiger partial charge on any atom is 0.336 e. The summed E-state index contributed by atoms with van der Waals surface area (Å²) in [5, 5.41) is 4.08. The highest BCUT2D eigenvalue weighted by Crippen LogP contribution is 2.40. The first-order chi connectivity index (χ1) is 22.5. The van der Waals surface area contributed by atoms with E-state index in [0.29, 0.717) is 23.0 Å². The predicted molar refractivity (Wildman–Crippen MR) is 182 cm³/mol. The van der Waals surface area contributed by atoms with Crippen molar-refractivity contribution in [3.8, 4) is 34.1 Å². The Morgan fingerprint density at radius 3 is 1.22 bits per heavy atom. The molecule has 0 saturated heterocycles. The van der Waals surface area contributed by atoms with E-state index in [4.69, 9.17) is 18.9 Å². The number of rotatable bonds is 9. The quantitative estimate of drug-likeness (QED) is 0.0930. The highest BCUT2D eigenvalue weighted by molar-refractivity contribution is 6.11. The van der Waals surface area contributed by atoms with Gasteiger partial charge in [-0.1, -0.05) is 72.8 Å². The maximum absolute atomic E-state index is 12.9. The third kappa shape index (κ3) is 6.66. The Bertz CT molecular complexity index is 1940. The fourth-order valence-corrected chi connectivity index (χ4v) is 5.32. The first-order valence-corrected chi connectivity index (χ1v) is 14.6. The van der Waals surface area contributed by atoms with Gasteiger partial charge in [-0.15, -0.1) is 0 Å². The van der Waals surface area contributed by atoms with Crippen molar-refractivity contribution < 1.29 is 28.5 Å². The molecular weight excluding hydrogens is 576 g/mol. The molecule has 0 N–H and O–H groups in total. The van der Waals surface area contributed by atoms with E-state index in [1.165, 1.54) is 12.2 Å². The molecule has 0 saturated carbocycles. The van der Waals surface area contributed by atoms with E-state index in [9.17, 15) is 9.59 Å².